The van der Waals surface area contributed by atoms with Crippen LogP contribution in [-0.2, 0) is 13.5 Å². The molecule has 0 radical (unpaired) electrons. The maximum atomic E-state index is 10.3. The van der Waals surface area contributed by atoms with Crippen molar-refractivity contribution in [2.75, 3.05) is 0 Å². The molecule has 0 saturated heterocycles. The van der Waals surface area contributed by atoms with Gasteiger partial charge in [-0.25, -0.2) is 0 Å². The van der Waals surface area contributed by atoms with E-state index in [0.29, 0.717) is 0 Å². The third-order valence-corrected chi connectivity index (χ3v) is 4.43. The van der Waals surface area contributed by atoms with Crippen LogP contribution in [0.25, 0.3) is 0 Å². The first kappa shape index (κ1) is 13.6. The maximum absolute atomic E-state index is 10.3. The van der Waals surface area contributed by atoms with Crippen LogP contribution in [0.2, 0.25) is 0 Å². The standard InChI is InChI=1S/C15H26N2O/c1-11-15(12(2)17(3)16-11)10-14(18)9-13-7-5-4-6-8-13/h13-14,18H,4-10H2,1-3H3. The van der Waals surface area contributed by atoms with Crippen molar-refractivity contribution in [3.05, 3.63) is 17.0 Å². The molecule has 3 nitrogen and oxygen atoms in total. The molecule has 1 saturated carbocycles. The van der Waals surface area contributed by atoms with Gasteiger partial charge < -0.3 is 5.11 Å². The molecule has 1 unspecified atom stereocenters. The molecule has 1 aliphatic rings. The van der Waals surface area contributed by atoms with Gasteiger partial charge in [0.25, 0.3) is 0 Å². The number of aryl methyl sites for hydroxylation is 2. The van der Waals surface area contributed by atoms with Crippen LogP contribution in [0, 0.1) is 19.8 Å². The second kappa shape index (κ2) is 5.87. The number of hydrogen-bond acceptors (Lipinski definition) is 2. The van der Waals surface area contributed by atoms with Crippen LogP contribution < -0.4 is 0 Å². The quantitative estimate of drug-likeness (QED) is 0.892. The van der Waals surface area contributed by atoms with E-state index in [9.17, 15) is 5.11 Å². The van der Waals surface area contributed by atoms with Crippen molar-refractivity contribution >= 4 is 0 Å². The molecule has 1 heterocycles. The lowest BCUT2D eigenvalue weighted by atomic mass is 9.84. The summed E-state index contributed by atoms with van der Waals surface area (Å²) in [7, 11) is 1.97. The van der Waals surface area contributed by atoms with Gasteiger partial charge in [-0.15, -0.1) is 0 Å². The van der Waals surface area contributed by atoms with E-state index in [0.717, 1.165) is 24.5 Å². The monoisotopic (exact) mass is 250 g/mol. The smallest absolute Gasteiger partial charge is 0.0629 e. The average molecular weight is 250 g/mol. The summed E-state index contributed by atoms with van der Waals surface area (Å²) in [4.78, 5) is 0. The van der Waals surface area contributed by atoms with Gasteiger partial charge in [0.05, 0.1) is 11.8 Å². The van der Waals surface area contributed by atoms with E-state index in [1.807, 2.05) is 18.7 Å². The van der Waals surface area contributed by atoms with E-state index in [2.05, 4.69) is 12.0 Å². The highest BCUT2D eigenvalue weighted by atomic mass is 16.3. The fourth-order valence-electron chi connectivity index (χ4n) is 3.24. The predicted molar refractivity (Wildman–Crippen MR) is 73.6 cm³/mol. The molecule has 0 aromatic carbocycles. The van der Waals surface area contributed by atoms with E-state index in [4.69, 9.17) is 0 Å². The lowest BCUT2D eigenvalue weighted by Gasteiger charge is -2.24. The minimum atomic E-state index is -0.199. The number of aliphatic hydroxyl groups excluding tert-OH is 1. The minimum Gasteiger partial charge on any atom is -0.393 e. The molecule has 0 aliphatic heterocycles. The average Bonchev–Trinajstić information content (AvgIpc) is 2.57. The Hall–Kier alpha value is -0.830. The first-order chi connectivity index (χ1) is 8.58. The first-order valence-corrected chi connectivity index (χ1v) is 7.25. The molecule has 1 aliphatic carbocycles. The van der Waals surface area contributed by atoms with Crippen molar-refractivity contribution in [1.29, 1.82) is 0 Å². The fourth-order valence-corrected chi connectivity index (χ4v) is 3.24. The molecule has 0 spiro atoms. The van der Waals surface area contributed by atoms with Crippen LogP contribution in [0.15, 0.2) is 0 Å². The van der Waals surface area contributed by atoms with Gasteiger partial charge in [0.2, 0.25) is 0 Å². The van der Waals surface area contributed by atoms with Crippen LogP contribution >= 0.6 is 0 Å². The molecule has 0 amide bonds. The fraction of sp³-hybridized carbons (Fsp3) is 0.800. The van der Waals surface area contributed by atoms with E-state index in [1.165, 1.54) is 43.4 Å². The zero-order valence-electron chi connectivity index (χ0n) is 11.9. The summed E-state index contributed by atoms with van der Waals surface area (Å²) < 4.78 is 1.91. The van der Waals surface area contributed by atoms with Crippen LogP contribution in [0.3, 0.4) is 0 Å². The Bertz CT molecular complexity index is 391. The van der Waals surface area contributed by atoms with Gasteiger partial charge in [0.15, 0.2) is 0 Å². The van der Waals surface area contributed by atoms with E-state index in [1.54, 1.807) is 0 Å². The first-order valence-electron chi connectivity index (χ1n) is 7.25. The van der Waals surface area contributed by atoms with Gasteiger partial charge in [0, 0.05) is 19.2 Å². The molecule has 1 aromatic rings. The summed E-state index contributed by atoms with van der Waals surface area (Å²) in [5.41, 5.74) is 3.49. The minimum absolute atomic E-state index is 0.199. The maximum Gasteiger partial charge on any atom is 0.0629 e. The third kappa shape index (κ3) is 3.14. The molecule has 3 heteroatoms. The second-order valence-electron chi connectivity index (χ2n) is 5.87. The summed E-state index contributed by atoms with van der Waals surface area (Å²) in [5, 5.41) is 14.7. The molecule has 1 aromatic heterocycles. The van der Waals surface area contributed by atoms with E-state index >= 15 is 0 Å². The largest absolute Gasteiger partial charge is 0.393 e. The zero-order chi connectivity index (χ0) is 13.1. The van der Waals surface area contributed by atoms with Crippen molar-refractivity contribution in [3.8, 4) is 0 Å². The summed E-state index contributed by atoms with van der Waals surface area (Å²) in [6.45, 7) is 4.12. The molecule has 1 fully saturated rings. The van der Waals surface area contributed by atoms with Crippen LogP contribution in [-0.4, -0.2) is 21.0 Å². The van der Waals surface area contributed by atoms with E-state index < -0.39 is 0 Å². The summed E-state index contributed by atoms with van der Waals surface area (Å²) >= 11 is 0. The third-order valence-electron chi connectivity index (χ3n) is 4.43. The van der Waals surface area contributed by atoms with Crippen molar-refractivity contribution in [3.63, 3.8) is 0 Å². The van der Waals surface area contributed by atoms with Gasteiger partial charge >= 0.3 is 0 Å². The number of aromatic nitrogens is 2. The SMILES string of the molecule is Cc1nn(C)c(C)c1CC(O)CC1CCCCC1. The highest BCUT2D eigenvalue weighted by Gasteiger charge is 2.20. The van der Waals surface area contributed by atoms with Crippen molar-refractivity contribution < 1.29 is 5.11 Å². The van der Waals surface area contributed by atoms with Gasteiger partial charge in [0.1, 0.15) is 0 Å². The molecule has 102 valence electrons. The lowest BCUT2D eigenvalue weighted by molar-refractivity contribution is 0.130. The molecule has 1 N–H and O–H groups in total. The highest BCUT2D eigenvalue weighted by Crippen LogP contribution is 2.28. The van der Waals surface area contributed by atoms with Gasteiger partial charge in [-0.2, -0.15) is 5.10 Å². The van der Waals surface area contributed by atoms with Crippen LogP contribution in [0.5, 0.6) is 0 Å². The number of aliphatic hydroxyl groups is 1. The summed E-state index contributed by atoms with van der Waals surface area (Å²) in [6.07, 6.45) is 8.23. The Morgan fingerprint density at radius 2 is 1.94 bits per heavy atom. The molecule has 1 atom stereocenters. The summed E-state index contributed by atoms with van der Waals surface area (Å²) in [5.74, 6) is 0.742. The van der Waals surface area contributed by atoms with E-state index in [-0.39, 0.29) is 6.10 Å². The molecular weight excluding hydrogens is 224 g/mol. The van der Waals surface area contributed by atoms with Crippen molar-refractivity contribution in [1.82, 2.24) is 9.78 Å². The Balaban J connectivity index is 1.91. The van der Waals surface area contributed by atoms with Gasteiger partial charge in [-0.3, -0.25) is 4.68 Å². The summed E-state index contributed by atoms with van der Waals surface area (Å²) in [6, 6.07) is 0. The van der Waals surface area contributed by atoms with Crippen molar-refractivity contribution in [2.45, 2.75) is 64.9 Å². The lowest BCUT2D eigenvalue weighted by Crippen LogP contribution is -2.18. The number of rotatable bonds is 4. The molecule has 18 heavy (non-hydrogen) atoms. The van der Waals surface area contributed by atoms with Gasteiger partial charge in [-0.05, 0) is 31.7 Å². The predicted octanol–water partition coefficient (Wildman–Crippen LogP) is 2.91. The van der Waals surface area contributed by atoms with Gasteiger partial charge in [-0.1, -0.05) is 32.1 Å². The number of hydrogen-bond donors (Lipinski definition) is 1. The molecule has 0 bridgehead atoms. The topological polar surface area (TPSA) is 38.0 Å². The Labute approximate surface area is 110 Å². The Morgan fingerprint density at radius 1 is 1.28 bits per heavy atom. The van der Waals surface area contributed by atoms with Crippen LogP contribution in [0.4, 0.5) is 0 Å². The second-order valence-corrected chi connectivity index (χ2v) is 5.87. The Kier molecular flexibility index (Phi) is 4.44. The normalized spacial score (nSPS) is 19.1. The highest BCUT2D eigenvalue weighted by molar-refractivity contribution is 5.25. The molecule has 2 rings (SSSR count). The molecular formula is C15H26N2O. The number of nitrogens with zero attached hydrogens (tertiary/aromatic N) is 2. The van der Waals surface area contributed by atoms with Crippen LogP contribution in [0.1, 0.15) is 55.5 Å². The van der Waals surface area contributed by atoms with Crippen molar-refractivity contribution in [2.24, 2.45) is 13.0 Å². The Morgan fingerprint density at radius 3 is 2.50 bits per heavy atom. The zero-order valence-corrected chi connectivity index (χ0v) is 11.9.